The summed E-state index contributed by atoms with van der Waals surface area (Å²) in [6.45, 7) is 4.16. The van der Waals surface area contributed by atoms with Gasteiger partial charge in [0.15, 0.2) is 0 Å². The van der Waals surface area contributed by atoms with E-state index in [2.05, 4.69) is 5.32 Å². The molecule has 1 aliphatic rings. The van der Waals surface area contributed by atoms with Gasteiger partial charge in [0.05, 0.1) is 7.11 Å². The molecule has 1 atom stereocenters. The molecule has 2 aromatic carbocycles. The number of ether oxygens (including phenoxy) is 1. The second-order valence-electron chi connectivity index (χ2n) is 6.32. The van der Waals surface area contributed by atoms with Crippen molar-refractivity contribution in [3.05, 3.63) is 59.2 Å². The minimum atomic E-state index is -3.93. The third kappa shape index (κ3) is 3.20. The molecule has 0 spiro atoms. The predicted octanol–water partition coefficient (Wildman–Crippen LogP) is 2.17. The van der Waals surface area contributed by atoms with Crippen molar-refractivity contribution >= 4 is 15.9 Å². The molecular weight excluding hydrogens is 352 g/mol. The standard InChI is InChI=1S/C19H22N2O4S/c1-13-8-9-16(25-3)17(12-13)26(23,24)21-11-10-20-19(22)18(21)15-7-5-4-6-14(15)2/h4-9,12,18H,10-11H2,1-3H3,(H,20,22). The average molecular weight is 374 g/mol. The molecule has 0 aromatic heterocycles. The normalized spacial score (nSPS) is 18.4. The van der Waals surface area contributed by atoms with Crippen molar-refractivity contribution in [3.63, 3.8) is 0 Å². The lowest BCUT2D eigenvalue weighted by molar-refractivity contribution is -0.126. The maximum Gasteiger partial charge on any atom is 0.247 e. The van der Waals surface area contributed by atoms with E-state index in [1.165, 1.54) is 11.4 Å². The summed E-state index contributed by atoms with van der Waals surface area (Å²) < 4.78 is 33.4. The average Bonchev–Trinajstić information content (AvgIpc) is 2.62. The number of carbonyl (C=O) groups excluding carboxylic acids is 1. The van der Waals surface area contributed by atoms with Crippen molar-refractivity contribution in [2.45, 2.75) is 24.8 Å². The lowest BCUT2D eigenvalue weighted by Crippen LogP contribution is -2.52. The van der Waals surface area contributed by atoms with E-state index >= 15 is 0 Å². The zero-order valence-corrected chi connectivity index (χ0v) is 15.8. The van der Waals surface area contributed by atoms with E-state index in [4.69, 9.17) is 4.74 Å². The van der Waals surface area contributed by atoms with Gasteiger partial charge in [-0.3, -0.25) is 4.79 Å². The van der Waals surface area contributed by atoms with Crippen LogP contribution in [-0.4, -0.2) is 38.8 Å². The molecule has 1 fully saturated rings. The Bertz CT molecular complexity index is 940. The van der Waals surface area contributed by atoms with E-state index in [9.17, 15) is 13.2 Å². The Morgan fingerprint density at radius 2 is 1.88 bits per heavy atom. The summed E-state index contributed by atoms with van der Waals surface area (Å²) in [5.41, 5.74) is 2.35. The highest BCUT2D eigenvalue weighted by Gasteiger charge is 2.41. The number of aryl methyl sites for hydroxylation is 2. The molecule has 26 heavy (non-hydrogen) atoms. The van der Waals surface area contributed by atoms with Crippen molar-refractivity contribution < 1.29 is 17.9 Å². The van der Waals surface area contributed by atoms with E-state index in [-0.39, 0.29) is 29.6 Å². The molecule has 7 heteroatoms. The fraction of sp³-hybridized carbons (Fsp3) is 0.316. The SMILES string of the molecule is COc1ccc(C)cc1S(=O)(=O)N1CCNC(=O)C1c1ccccc1C. The Morgan fingerprint density at radius 1 is 1.15 bits per heavy atom. The number of piperazine rings is 1. The highest BCUT2D eigenvalue weighted by molar-refractivity contribution is 7.89. The first-order valence-electron chi connectivity index (χ1n) is 8.36. The number of carbonyl (C=O) groups is 1. The van der Waals surface area contributed by atoms with E-state index in [1.54, 1.807) is 24.3 Å². The molecule has 6 nitrogen and oxygen atoms in total. The topological polar surface area (TPSA) is 75.7 Å². The van der Waals surface area contributed by atoms with Crippen molar-refractivity contribution in [2.24, 2.45) is 0 Å². The van der Waals surface area contributed by atoms with E-state index < -0.39 is 16.1 Å². The molecule has 1 saturated heterocycles. The summed E-state index contributed by atoms with van der Waals surface area (Å²) in [5.74, 6) is -0.0501. The summed E-state index contributed by atoms with van der Waals surface area (Å²) in [4.78, 5) is 12.7. The van der Waals surface area contributed by atoms with Crippen LogP contribution in [0.4, 0.5) is 0 Å². The largest absolute Gasteiger partial charge is 0.495 e. The van der Waals surface area contributed by atoms with Crippen LogP contribution < -0.4 is 10.1 Å². The van der Waals surface area contributed by atoms with Gasteiger partial charge in [-0.1, -0.05) is 30.3 Å². The van der Waals surface area contributed by atoms with Crippen LogP contribution in [0.5, 0.6) is 5.75 Å². The quantitative estimate of drug-likeness (QED) is 0.890. The summed E-state index contributed by atoms with van der Waals surface area (Å²) in [7, 11) is -2.49. The van der Waals surface area contributed by atoms with Gasteiger partial charge in [0.1, 0.15) is 16.7 Å². The molecule has 0 bridgehead atoms. The fourth-order valence-electron chi connectivity index (χ4n) is 3.21. The summed E-state index contributed by atoms with van der Waals surface area (Å²) >= 11 is 0. The van der Waals surface area contributed by atoms with Crippen molar-refractivity contribution in [3.8, 4) is 5.75 Å². The first-order valence-corrected chi connectivity index (χ1v) is 9.80. The zero-order chi connectivity index (χ0) is 18.9. The van der Waals surface area contributed by atoms with Crippen LogP contribution in [0.3, 0.4) is 0 Å². The predicted molar refractivity (Wildman–Crippen MR) is 98.6 cm³/mol. The molecule has 3 rings (SSSR count). The Hall–Kier alpha value is -2.38. The Labute approximate surface area is 153 Å². The van der Waals surface area contributed by atoms with Gasteiger partial charge in [-0.25, -0.2) is 8.42 Å². The van der Waals surface area contributed by atoms with Gasteiger partial charge >= 0.3 is 0 Å². The monoisotopic (exact) mass is 374 g/mol. The molecule has 138 valence electrons. The highest BCUT2D eigenvalue weighted by atomic mass is 32.2. The Balaban J connectivity index is 2.15. The summed E-state index contributed by atoms with van der Waals surface area (Å²) in [6, 6.07) is 11.4. The van der Waals surface area contributed by atoms with Crippen LogP contribution >= 0.6 is 0 Å². The molecule has 1 N–H and O–H groups in total. The molecule has 0 aliphatic carbocycles. The third-order valence-electron chi connectivity index (χ3n) is 4.56. The maximum atomic E-state index is 13.4. The minimum absolute atomic E-state index is 0.0771. The van der Waals surface area contributed by atoms with E-state index in [0.717, 1.165) is 11.1 Å². The van der Waals surface area contributed by atoms with Crippen LogP contribution in [0.25, 0.3) is 0 Å². The number of methoxy groups -OCH3 is 1. The van der Waals surface area contributed by atoms with Gasteiger partial charge in [-0.15, -0.1) is 0 Å². The zero-order valence-electron chi connectivity index (χ0n) is 15.0. The first-order chi connectivity index (χ1) is 12.4. The molecule has 2 aromatic rings. The number of hydrogen-bond donors (Lipinski definition) is 1. The van der Waals surface area contributed by atoms with Crippen LogP contribution in [0.15, 0.2) is 47.4 Å². The van der Waals surface area contributed by atoms with Crippen molar-refractivity contribution in [2.75, 3.05) is 20.2 Å². The lowest BCUT2D eigenvalue weighted by Gasteiger charge is -2.35. The molecule has 1 amide bonds. The molecule has 1 aliphatic heterocycles. The van der Waals surface area contributed by atoms with Gasteiger partial charge in [0.25, 0.3) is 0 Å². The molecular formula is C19H22N2O4S. The van der Waals surface area contributed by atoms with Crippen LogP contribution in [-0.2, 0) is 14.8 Å². The highest BCUT2D eigenvalue weighted by Crippen LogP contribution is 2.35. The Kier molecular flexibility index (Phi) is 5.02. The first kappa shape index (κ1) is 18.4. The molecule has 1 unspecified atom stereocenters. The Morgan fingerprint density at radius 3 is 2.58 bits per heavy atom. The third-order valence-corrected chi connectivity index (χ3v) is 6.44. The van der Waals surface area contributed by atoms with Gasteiger partial charge in [-0.2, -0.15) is 4.31 Å². The number of nitrogens with one attached hydrogen (secondary N) is 1. The lowest BCUT2D eigenvalue weighted by atomic mass is 9.99. The fourth-order valence-corrected chi connectivity index (χ4v) is 5.02. The van der Waals surface area contributed by atoms with Gasteiger partial charge in [-0.05, 0) is 42.7 Å². The second-order valence-corrected chi connectivity index (χ2v) is 8.18. The molecule has 1 heterocycles. The number of hydrogen-bond acceptors (Lipinski definition) is 4. The smallest absolute Gasteiger partial charge is 0.247 e. The van der Waals surface area contributed by atoms with Crippen LogP contribution in [0, 0.1) is 13.8 Å². The molecule has 0 saturated carbocycles. The number of rotatable bonds is 4. The summed E-state index contributed by atoms with van der Waals surface area (Å²) in [5, 5.41) is 2.78. The molecule has 0 radical (unpaired) electrons. The number of benzene rings is 2. The van der Waals surface area contributed by atoms with Gasteiger partial charge in [0, 0.05) is 13.1 Å². The van der Waals surface area contributed by atoms with E-state index in [1.807, 2.05) is 32.0 Å². The van der Waals surface area contributed by atoms with Crippen molar-refractivity contribution in [1.29, 1.82) is 0 Å². The number of nitrogens with zero attached hydrogens (tertiary/aromatic N) is 1. The van der Waals surface area contributed by atoms with Crippen LogP contribution in [0.1, 0.15) is 22.7 Å². The minimum Gasteiger partial charge on any atom is -0.495 e. The maximum absolute atomic E-state index is 13.4. The number of amides is 1. The van der Waals surface area contributed by atoms with E-state index in [0.29, 0.717) is 5.56 Å². The van der Waals surface area contributed by atoms with Gasteiger partial charge < -0.3 is 10.1 Å². The van der Waals surface area contributed by atoms with Crippen molar-refractivity contribution in [1.82, 2.24) is 9.62 Å². The second kappa shape index (κ2) is 7.09. The summed E-state index contributed by atoms with van der Waals surface area (Å²) in [6.07, 6.45) is 0. The van der Waals surface area contributed by atoms with Gasteiger partial charge in [0.2, 0.25) is 15.9 Å². The van der Waals surface area contributed by atoms with Crippen LogP contribution in [0.2, 0.25) is 0 Å². The number of sulfonamides is 1.